The van der Waals surface area contributed by atoms with E-state index in [2.05, 4.69) is 9.47 Å². The third-order valence-electron chi connectivity index (χ3n) is 0.694. The summed E-state index contributed by atoms with van der Waals surface area (Å²) in [5.74, 6) is -1.57. The molecule has 6 heteroatoms. The Labute approximate surface area is 81.8 Å². The van der Waals surface area contributed by atoms with E-state index >= 15 is 0 Å². The number of rotatable bonds is 3. The van der Waals surface area contributed by atoms with E-state index in [1.807, 2.05) is 0 Å². The molecule has 0 bridgehead atoms. The van der Waals surface area contributed by atoms with Crippen LogP contribution in [0.3, 0.4) is 0 Å². The minimum Gasteiger partial charge on any atom is -0.481 e. The first-order valence-electron chi connectivity index (χ1n) is 3.82. The molecule has 0 aromatic carbocycles. The molecule has 0 rings (SSSR count). The molecule has 0 fully saturated rings. The molecule has 1 N–H and O–H groups in total. The first kappa shape index (κ1) is 14.9. The van der Waals surface area contributed by atoms with Crippen LogP contribution in [-0.2, 0) is 23.9 Å². The zero-order chi connectivity index (χ0) is 11.6. The number of carbonyl (C=O) groups excluding carboxylic acids is 2. The van der Waals surface area contributed by atoms with Gasteiger partial charge in [0.15, 0.2) is 0 Å². The molecule has 0 aromatic rings. The van der Waals surface area contributed by atoms with Gasteiger partial charge in [-0.3, -0.25) is 14.4 Å². The summed E-state index contributed by atoms with van der Waals surface area (Å²) in [6, 6.07) is 0. The van der Waals surface area contributed by atoms with Gasteiger partial charge in [-0.05, 0) is 0 Å². The van der Waals surface area contributed by atoms with Crippen molar-refractivity contribution < 1.29 is 29.0 Å². The molecule has 0 unspecified atom stereocenters. The molecule has 0 heterocycles. The number of aliphatic carboxylic acids is 1. The van der Waals surface area contributed by atoms with E-state index < -0.39 is 5.97 Å². The number of esters is 2. The fraction of sp³-hybridized carbons (Fsp3) is 0.625. The van der Waals surface area contributed by atoms with Gasteiger partial charge >= 0.3 is 11.9 Å². The highest BCUT2D eigenvalue weighted by Gasteiger charge is 1.94. The largest absolute Gasteiger partial charge is 0.481 e. The van der Waals surface area contributed by atoms with Gasteiger partial charge in [0, 0.05) is 20.8 Å². The summed E-state index contributed by atoms with van der Waals surface area (Å²) in [5.41, 5.74) is 0. The molecule has 0 aromatic heterocycles. The van der Waals surface area contributed by atoms with Gasteiger partial charge in [0.25, 0.3) is 5.97 Å². The molecular weight excluding hydrogens is 192 g/mol. The molecule has 0 spiro atoms. The normalized spacial score (nSPS) is 7.93. The lowest BCUT2D eigenvalue weighted by Crippen LogP contribution is -2.09. The number of carbonyl (C=O) groups is 3. The smallest absolute Gasteiger partial charge is 0.302 e. The Hall–Kier alpha value is -1.59. The minimum absolute atomic E-state index is 0.134. The lowest BCUT2D eigenvalue weighted by atomic mass is 10.7. The van der Waals surface area contributed by atoms with Crippen LogP contribution in [-0.4, -0.2) is 36.2 Å². The molecule has 0 aliphatic rings. The van der Waals surface area contributed by atoms with Crippen LogP contribution >= 0.6 is 0 Å². The Balaban J connectivity index is 0. The van der Waals surface area contributed by atoms with Crippen LogP contribution in [0.25, 0.3) is 0 Å². The topological polar surface area (TPSA) is 89.9 Å². The summed E-state index contributed by atoms with van der Waals surface area (Å²) >= 11 is 0. The second kappa shape index (κ2) is 9.50. The zero-order valence-corrected chi connectivity index (χ0v) is 8.40. The SMILES string of the molecule is CC(=O)O.CC(=O)OCCOC(C)=O. The highest BCUT2D eigenvalue weighted by molar-refractivity contribution is 5.66. The van der Waals surface area contributed by atoms with Crippen molar-refractivity contribution in [3.05, 3.63) is 0 Å². The van der Waals surface area contributed by atoms with Gasteiger partial charge in [-0.15, -0.1) is 0 Å². The molecule has 0 amide bonds. The maximum absolute atomic E-state index is 10.1. The molecular formula is C8H14O6. The van der Waals surface area contributed by atoms with Crippen LogP contribution < -0.4 is 0 Å². The Morgan fingerprint density at radius 3 is 1.29 bits per heavy atom. The van der Waals surface area contributed by atoms with Crippen molar-refractivity contribution in [3.63, 3.8) is 0 Å². The maximum Gasteiger partial charge on any atom is 0.302 e. The zero-order valence-electron chi connectivity index (χ0n) is 8.40. The molecule has 6 nitrogen and oxygen atoms in total. The molecule has 0 saturated carbocycles. The second-order valence-corrected chi connectivity index (χ2v) is 2.20. The van der Waals surface area contributed by atoms with Crippen LogP contribution in [0.4, 0.5) is 0 Å². The van der Waals surface area contributed by atoms with E-state index in [4.69, 9.17) is 9.90 Å². The lowest BCUT2D eigenvalue weighted by Gasteiger charge is -2.00. The Morgan fingerprint density at radius 2 is 1.14 bits per heavy atom. The summed E-state index contributed by atoms with van der Waals surface area (Å²) in [6.07, 6.45) is 0. The van der Waals surface area contributed by atoms with E-state index in [0.717, 1.165) is 6.92 Å². The second-order valence-electron chi connectivity index (χ2n) is 2.20. The fourth-order valence-corrected chi connectivity index (χ4v) is 0.371. The van der Waals surface area contributed by atoms with Gasteiger partial charge < -0.3 is 14.6 Å². The standard InChI is InChI=1S/C6H10O4.C2H4O2/c1-5(7)9-3-4-10-6(2)8;1-2(3)4/h3-4H2,1-2H3;1H3,(H,3,4). The van der Waals surface area contributed by atoms with E-state index in [-0.39, 0.29) is 25.2 Å². The molecule has 0 aliphatic heterocycles. The van der Waals surface area contributed by atoms with Crippen molar-refractivity contribution in [2.45, 2.75) is 20.8 Å². The van der Waals surface area contributed by atoms with Crippen molar-refractivity contribution in [2.75, 3.05) is 13.2 Å². The Morgan fingerprint density at radius 1 is 0.929 bits per heavy atom. The van der Waals surface area contributed by atoms with Gasteiger partial charge in [0.05, 0.1) is 0 Å². The van der Waals surface area contributed by atoms with Gasteiger partial charge in [0.1, 0.15) is 13.2 Å². The van der Waals surface area contributed by atoms with Crippen LogP contribution in [0.5, 0.6) is 0 Å². The summed E-state index contributed by atoms with van der Waals surface area (Å²) < 4.78 is 8.95. The lowest BCUT2D eigenvalue weighted by molar-refractivity contribution is -0.149. The highest BCUT2D eigenvalue weighted by atomic mass is 16.6. The monoisotopic (exact) mass is 206 g/mol. The van der Waals surface area contributed by atoms with Crippen LogP contribution in [0.1, 0.15) is 20.8 Å². The van der Waals surface area contributed by atoms with Crippen LogP contribution in [0.15, 0.2) is 0 Å². The van der Waals surface area contributed by atoms with Crippen molar-refractivity contribution in [3.8, 4) is 0 Å². The molecule has 0 aliphatic carbocycles. The maximum atomic E-state index is 10.1. The van der Waals surface area contributed by atoms with Crippen LogP contribution in [0, 0.1) is 0 Å². The van der Waals surface area contributed by atoms with Crippen molar-refractivity contribution in [1.29, 1.82) is 0 Å². The molecule has 0 atom stereocenters. The van der Waals surface area contributed by atoms with E-state index in [1.165, 1.54) is 13.8 Å². The molecule has 82 valence electrons. The quantitative estimate of drug-likeness (QED) is 0.524. The predicted molar refractivity (Wildman–Crippen MR) is 46.6 cm³/mol. The van der Waals surface area contributed by atoms with Gasteiger partial charge in [-0.1, -0.05) is 0 Å². The number of hydrogen-bond donors (Lipinski definition) is 1. The number of hydrogen-bond acceptors (Lipinski definition) is 5. The van der Waals surface area contributed by atoms with Crippen molar-refractivity contribution >= 4 is 17.9 Å². The summed E-state index contributed by atoms with van der Waals surface area (Å²) in [5, 5.41) is 7.42. The third-order valence-corrected chi connectivity index (χ3v) is 0.694. The summed E-state index contributed by atoms with van der Waals surface area (Å²) in [7, 11) is 0. The average molecular weight is 206 g/mol. The molecule has 0 radical (unpaired) electrons. The fourth-order valence-electron chi connectivity index (χ4n) is 0.371. The van der Waals surface area contributed by atoms with Gasteiger partial charge in [-0.25, -0.2) is 0 Å². The van der Waals surface area contributed by atoms with Crippen molar-refractivity contribution in [2.24, 2.45) is 0 Å². The molecule has 14 heavy (non-hydrogen) atoms. The number of ether oxygens (including phenoxy) is 2. The van der Waals surface area contributed by atoms with E-state index in [0.29, 0.717) is 0 Å². The van der Waals surface area contributed by atoms with Gasteiger partial charge in [-0.2, -0.15) is 0 Å². The summed E-state index contributed by atoms with van der Waals surface area (Å²) in [4.78, 5) is 29.3. The minimum atomic E-state index is -0.833. The Bertz CT molecular complexity index is 178. The van der Waals surface area contributed by atoms with Gasteiger partial charge in [0.2, 0.25) is 0 Å². The number of carboxylic acids is 1. The third kappa shape index (κ3) is 31.5. The van der Waals surface area contributed by atoms with Crippen LogP contribution in [0.2, 0.25) is 0 Å². The Kier molecular flexibility index (Phi) is 10.1. The average Bonchev–Trinajstić information content (AvgIpc) is 1.96. The highest BCUT2D eigenvalue weighted by Crippen LogP contribution is 1.79. The first-order valence-corrected chi connectivity index (χ1v) is 3.82. The first-order chi connectivity index (χ1) is 6.36. The van der Waals surface area contributed by atoms with E-state index in [1.54, 1.807) is 0 Å². The predicted octanol–water partition coefficient (Wildman–Crippen LogP) is 0.203. The number of carboxylic acid groups (broad SMARTS) is 1. The molecule has 0 saturated heterocycles. The summed E-state index contributed by atoms with van der Waals surface area (Å²) in [6.45, 7) is 3.95. The van der Waals surface area contributed by atoms with Crippen molar-refractivity contribution in [1.82, 2.24) is 0 Å². The van der Waals surface area contributed by atoms with E-state index in [9.17, 15) is 9.59 Å².